The predicted octanol–water partition coefficient (Wildman–Crippen LogP) is 14.9. The Labute approximate surface area is 426 Å². The molecule has 5 aromatic carbocycles. The molecule has 1 aliphatic carbocycles. The summed E-state index contributed by atoms with van der Waals surface area (Å²) in [6.45, 7) is 9.99. The van der Waals surface area contributed by atoms with Crippen molar-refractivity contribution in [3.8, 4) is 51.7 Å². The number of hydrogen-bond donors (Lipinski definition) is 0. The van der Waals surface area contributed by atoms with Crippen LogP contribution in [0.2, 0.25) is 0 Å². The maximum absolute atomic E-state index is 7.07. The first-order chi connectivity index (χ1) is 35.5. The second-order valence-corrected chi connectivity index (χ2v) is 20.6. The average molecular weight is 974 g/mol. The minimum absolute atomic E-state index is 0.00769. The van der Waals surface area contributed by atoms with Crippen molar-refractivity contribution in [1.82, 2.24) is 4.57 Å². The summed E-state index contributed by atoms with van der Waals surface area (Å²) in [5, 5.41) is 0. The number of aromatic nitrogens is 2. The minimum atomic E-state index is -0.0720. The average Bonchev–Trinajstić information content (AvgIpc) is 3.84. The summed E-state index contributed by atoms with van der Waals surface area (Å²) in [6.07, 6.45) is 23.4. The van der Waals surface area contributed by atoms with E-state index in [0.29, 0.717) is 0 Å². The molecular formula is C62H73N2O8+. The predicted molar refractivity (Wildman–Crippen MR) is 279 cm³/mol. The van der Waals surface area contributed by atoms with Gasteiger partial charge < -0.3 is 37.9 Å². The zero-order valence-corrected chi connectivity index (χ0v) is 43.0. The Hall–Kier alpha value is -6.29. The first-order valence-corrected chi connectivity index (χ1v) is 27.4. The van der Waals surface area contributed by atoms with Gasteiger partial charge in [-0.25, -0.2) is 4.57 Å². The molecule has 0 N–H and O–H groups in total. The highest BCUT2D eigenvalue weighted by atomic mass is 16.7. The van der Waals surface area contributed by atoms with Gasteiger partial charge in [0.2, 0.25) is 39.2 Å². The summed E-state index contributed by atoms with van der Waals surface area (Å²) in [5.41, 5.74) is 11.5. The van der Waals surface area contributed by atoms with E-state index in [1.807, 2.05) is 0 Å². The van der Waals surface area contributed by atoms with Crippen LogP contribution in [0.25, 0.3) is 5.69 Å². The first kappa shape index (κ1) is 48.0. The van der Waals surface area contributed by atoms with Gasteiger partial charge >= 0.3 is 0 Å². The highest BCUT2D eigenvalue weighted by Gasteiger charge is 2.40. The molecule has 10 heteroatoms. The highest BCUT2D eigenvalue weighted by molar-refractivity contribution is 5.70. The number of hydrogen-bond acceptors (Lipinski definition) is 8. The van der Waals surface area contributed by atoms with E-state index in [4.69, 9.17) is 37.9 Å². The van der Waals surface area contributed by atoms with Crippen LogP contribution in [-0.4, -0.2) is 31.7 Å². The highest BCUT2D eigenvalue weighted by Crippen LogP contribution is 2.56. The Morgan fingerprint density at radius 3 is 1.14 bits per heavy atom. The standard InChI is InChI=1S/C62H73N2O8/c1-5-9-14-22-42-46-28-47-43(23-15-10-6-2)49-30-51-45(25-17-12-8-4)53-31-52-44(24-16-11-7-3)50-29-48(42)56-33-58(50)69-39-71-61(52)60(64-27-26-63(36-64)35-41-20-18-13-19-21-41)62(53)72-40-70-59(51)34-57(49)68-38-66-55(47)32-54(46)65-37-67-56/h13,18-21,26-34,36,42-45H,5-12,14-17,22-25,35,37-40H2,1-4H3/q+1. The van der Waals surface area contributed by atoms with E-state index in [9.17, 15) is 0 Å². The van der Waals surface area contributed by atoms with Gasteiger partial charge in [0.15, 0.2) is 11.5 Å². The molecule has 10 nitrogen and oxygen atoms in total. The van der Waals surface area contributed by atoms with E-state index >= 15 is 0 Å². The molecule has 11 rings (SSSR count). The molecule has 0 fully saturated rings. The number of unbranched alkanes of at least 4 members (excludes halogenated alkanes) is 8. The zero-order valence-electron chi connectivity index (χ0n) is 43.0. The van der Waals surface area contributed by atoms with Gasteiger partial charge in [-0.05, 0) is 55.5 Å². The minimum Gasteiger partial charge on any atom is -0.457 e. The Morgan fingerprint density at radius 1 is 0.417 bits per heavy atom. The molecule has 8 bridgehead atoms. The number of rotatable bonds is 19. The van der Waals surface area contributed by atoms with E-state index in [1.54, 1.807) is 0 Å². The quantitative estimate of drug-likeness (QED) is 0.0586. The van der Waals surface area contributed by atoms with E-state index in [-0.39, 0.29) is 50.8 Å². The van der Waals surface area contributed by atoms with Crippen LogP contribution in [0.15, 0.2) is 91.5 Å². The Kier molecular flexibility index (Phi) is 14.5. The second kappa shape index (κ2) is 21.8. The van der Waals surface area contributed by atoms with Crippen LogP contribution in [0.4, 0.5) is 0 Å². The Balaban J connectivity index is 1.24. The molecule has 4 unspecified atom stereocenters. The van der Waals surface area contributed by atoms with Crippen molar-refractivity contribution in [1.29, 1.82) is 0 Å². The van der Waals surface area contributed by atoms with Gasteiger partial charge in [0, 0.05) is 86.4 Å². The van der Waals surface area contributed by atoms with Gasteiger partial charge in [-0.15, -0.1) is 0 Å². The molecule has 5 heterocycles. The molecule has 0 radical (unpaired) electrons. The molecule has 4 aliphatic heterocycles. The van der Waals surface area contributed by atoms with Crippen LogP contribution in [0, 0.1) is 0 Å². The molecule has 0 spiro atoms. The first-order valence-electron chi connectivity index (χ1n) is 27.4. The van der Waals surface area contributed by atoms with Crippen LogP contribution < -0.4 is 42.5 Å². The van der Waals surface area contributed by atoms with E-state index in [2.05, 4.69) is 128 Å². The Bertz CT molecular complexity index is 2710. The van der Waals surface area contributed by atoms with Crippen molar-refractivity contribution >= 4 is 0 Å². The largest absolute Gasteiger partial charge is 0.457 e. The normalized spacial score (nSPS) is 18.8. The number of imidazole rings is 1. The van der Waals surface area contributed by atoms with Crippen molar-refractivity contribution in [2.24, 2.45) is 0 Å². The molecule has 6 aromatic rings. The number of nitrogens with zero attached hydrogens (tertiary/aromatic N) is 2. The molecule has 4 atom stereocenters. The third-order valence-corrected chi connectivity index (χ3v) is 15.9. The Morgan fingerprint density at radius 2 is 0.764 bits per heavy atom. The number of ether oxygens (including phenoxy) is 8. The summed E-state index contributed by atoms with van der Waals surface area (Å²) in [5.74, 6) is 6.17. The summed E-state index contributed by atoms with van der Waals surface area (Å²) in [6, 6.07) is 26.9. The van der Waals surface area contributed by atoms with E-state index < -0.39 is 0 Å². The summed E-state index contributed by atoms with van der Waals surface area (Å²) < 4.78 is 59.0. The molecule has 5 aliphatic rings. The monoisotopic (exact) mass is 974 g/mol. The van der Waals surface area contributed by atoms with Gasteiger partial charge in [-0.1, -0.05) is 135 Å². The van der Waals surface area contributed by atoms with Crippen molar-refractivity contribution in [3.63, 3.8) is 0 Å². The lowest BCUT2D eigenvalue weighted by Crippen LogP contribution is -2.31. The lowest BCUT2D eigenvalue weighted by Gasteiger charge is -2.35. The fraction of sp³-hybridized carbons (Fsp3) is 0.468. The van der Waals surface area contributed by atoms with E-state index in [1.165, 1.54) is 38.9 Å². The van der Waals surface area contributed by atoms with Gasteiger partial charge in [0.25, 0.3) is 0 Å². The smallest absolute Gasteiger partial charge is 0.249 e. The SMILES string of the molecule is CCCCCC1c2cc3c4cc2OCOc2cc5c(cc21)C(CCCCC)c1cc2c(c(-n6cc[n+](Cc7ccccc7)c6)c1OCO5)OCOc1cc(c(cc1C2CCCCC)C3CCCCC)OCO4. The lowest BCUT2D eigenvalue weighted by atomic mass is 9.76. The molecule has 1 aromatic heterocycles. The van der Waals surface area contributed by atoms with Crippen molar-refractivity contribution in [2.45, 2.75) is 161 Å². The maximum atomic E-state index is 7.07. The van der Waals surface area contributed by atoms with Gasteiger partial charge in [-0.3, -0.25) is 0 Å². The van der Waals surface area contributed by atoms with Gasteiger partial charge in [-0.2, -0.15) is 4.57 Å². The van der Waals surface area contributed by atoms with E-state index in [0.717, 1.165) is 172 Å². The summed E-state index contributed by atoms with van der Waals surface area (Å²) >= 11 is 0. The summed E-state index contributed by atoms with van der Waals surface area (Å²) in [7, 11) is 0. The number of benzene rings is 5. The molecule has 0 saturated heterocycles. The van der Waals surface area contributed by atoms with Crippen molar-refractivity contribution < 1.29 is 42.5 Å². The van der Waals surface area contributed by atoms with Gasteiger partial charge in [0.05, 0.1) is 0 Å². The zero-order chi connectivity index (χ0) is 49.0. The second-order valence-electron chi connectivity index (χ2n) is 20.6. The third kappa shape index (κ3) is 9.46. The van der Waals surface area contributed by atoms with Crippen LogP contribution in [0.5, 0.6) is 46.0 Å². The maximum Gasteiger partial charge on any atom is 0.249 e. The van der Waals surface area contributed by atoms with Crippen LogP contribution >= 0.6 is 0 Å². The molecule has 0 saturated carbocycles. The molecule has 0 amide bonds. The van der Waals surface area contributed by atoms with Crippen LogP contribution in [0.3, 0.4) is 0 Å². The lowest BCUT2D eigenvalue weighted by molar-refractivity contribution is -0.687. The van der Waals surface area contributed by atoms with Crippen LogP contribution in [-0.2, 0) is 6.54 Å². The topological polar surface area (TPSA) is 82.7 Å². The molecule has 378 valence electrons. The third-order valence-electron chi connectivity index (χ3n) is 15.9. The fourth-order valence-corrected chi connectivity index (χ4v) is 12.2. The molecular weight excluding hydrogens is 901 g/mol. The van der Waals surface area contributed by atoms with Crippen molar-refractivity contribution in [3.05, 3.63) is 142 Å². The fourth-order valence-electron chi connectivity index (χ4n) is 12.2. The van der Waals surface area contributed by atoms with Crippen LogP contribution in [0.1, 0.15) is 204 Å². The van der Waals surface area contributed by atoms with Crippen molar-refractivity contribution in [2.75, 3.05) is 27.2 Å². The summed E-state index contributed by atoms with van der Waals surface area (Å²) in [4.78, 5) is 0. The molecule has 72 heavy (non-hydrogen) atoms. The van der Waals surface area contributed by atoms with Gasteiger partial charge in [0.1, 0.15) is 53.4 Å².